The molecular formula is C13H18O5S. The lowest BCUT2D eigenvalue weighted by Gasteiger charge is -2.15. The Morgan fingerprint density at radius 1 is 1.32 bits per heavy atom. The molecular weight excluding hydrogens is 268 g/mol. The number of ether oxygens (including phenoxy) is 1. The van der Waals surface area contributed by atoms with E-state index in [1.807, 2.05) is 0 Å². The average Bonchev–Trinajstić information content (AvgIpc) is 2.30. The highest BCUT2D eigenvalue weighted by molar-refractivity contribution is 7.90. The van der Waals surface area contributed by atoms with E-state index in [9.17, 15) is 18.3 Å². The molecule has 0 spiro atoms. The van der Waals surface area contributed by atoms with Gasteiger partial charge in [-0.1, -0.05) is 6.07 Å². The second-order valence-electron chi connectivity index (χ2n) is 4.40. The van der Waals surface area contributed by atoms with Gasteiger partial charge in [-0.25, -0.2) is 13.2 Å². The van der Waals surface area contributed by atoms with Crippen molar-refractivity contribution >= 4 is 15.8 Å². The van der Waals surface area contributed by atoms with E-state index >= 15 is 0 Å². The highest BCUT2D eigenvalue weighted by atomic mass is 32.2. The fourth-order valence-electron chi connectivity index (χ4n) is 1.69. The van der Waals surface area contributed by atoms with Crippen LogP contribution in [0.25, 0.3) is 0 Å². The van der Waals surface area contributed by atoms with Gasteiger partial charge in [0.25, 0.3) is 0 Å². The number of hydrogen-bond donors (Lipinski definition) is 1. The van der Waals surface area contributed by atoms with E-state index < -0.39 is 21.9 Å². The molecule has 5 nitrogen and oxygen atoms in total. The van der Waals surface area contributed by atoms with Crippen molar-refractivity contribution < 1.29 is 23.1 Å². The third-order valence-electron chi connectivity index (χ3n) is 2.83. The van der Waals surface area contributed by atoms with Crippen molar-refractivity contribution in [1.82, 2.24) is 0 Å². The molecule has 19 heavy (non-hydrogen) atoms. The molecule has 0 aromatic heterocycles. The van der Waals surface area contributed by atoms with Gasteiger partial charge in [-0.3, -0.25) is 0 Å². The summed E-state index contributed by atoms with van der Waals surface area (Å²) in [7, 11) is -3.53. The van der Waals surface area contributed by atoms with Crippen molar-refractivity contribution in [3.05, 3.63) is 28.8 Å². The minimum absolute atomic E-state index is 0.0452. The molecule has 0 bridgehead atoms. The summed E-state index contributed by atoms with van der Waals surface area (Å²) in [6.45, 7) is 5.28. The molecule has 1 aromatic carbocycles. The van der Waals surface area contributed by atoms with Gasteiger partial charge in [-0.05, 0) is 38.0 Å². The minimum Gasteiger partial charge on any atom is -0.464 e. The SMILES string of the molecule is CCOC(=O)C(O)c1cc(C)c(C)cc1S(C)(=O)=O. The molecule has 1 atom stereocenters. The molecule has 0 aliphatic carbocycles. The predicted molar refractivity (Wildman–Crippen MR) is 70.6 cm³/mol. The van der Waals surface area contributed by atoms with Crippen molar-refractivity contribution in [2.24, 2.45) is 0 Å². The van der Waals surface area contributed by atoms with Crippen molar-refractivity contribution in [2.75, 3.05) is 12.9 Å². The molecule has 0 radical (unpaired) electrons. The summed E-state index contributed by atoms with van der Waals surface area (Å²) in [5.74, 6) is -0.851. The first kappa shape index (κ1) is 15.7. The maximum atomic E-state index is 11.7. The van der Waals surface area contributed by atoms with Crippen LogP contribution in [-0.4, -0.2) is 32.4 Å². The summed E-state index contributed by atoms with van der Waals surface area (Å²) >= 11 is 0. The monoisotopic (exact) mass is 286 g/mol. The molecule has 1 N–H and O–H groups in total. The maximum absolute atomic E-state index is 11.7. The molecule has 0 fully saturated rings. The number of sulfone groups is 1. The van der Waals surface area contributed by atoms with Crippen LogP contribution in [0.3, 0.4) is 0 Å². The lowest BCUT2D eigenvalue weighted by molar-refractivity contribution is -0.153. The van der Waals surface area contributed by atoms with Crippen molar-refractivity contribution in [3.63, 3.8) is 0 Å². The van der Waals surface area contributed by atoms with E-state index in [4.69, 9.17) is 4.74 Å². The number of esters is 1. The highest BCUT2D eigenvalue weighted by Crippen LogP contribution is 2.27. The zero-order chi connectivity index (χ0) is 14.8. The number of aryl methyl sites for hydroxylation is 2. The zero-order valence-corrected chi connectivity index (χ0v) is 12.2. The fourth-order valence-corrected chi connectivity index (χ4v) is 2.68. The first-order chi connectivity index (χ1) is 8.68. The number of carbonyl (C=O) groups excluding carboxylic acids is 1. The average molecular weight is 286 g/mol. The summed E-state index contributed by atoms with van der Waals surface area (Å²) in [6, 6.07) is 2.97. The quantitative estimate of drug-likeness (QED) is 0.844. The molecule has 6 heteroatoms. The van der Waals surface area contributed by atoms with Crippen LogP contribution in [0.2, 0.25) is 0 Å². The Hall–Kier alpha value is -1.40. The standard InChI is InChI=1S/C13H18O5S/c1-5-18-13(15)12(14)10-6-8(2)9(3)7-11(10)19(4,16)17/h6-7,12,14H,5H2,1-4H3. The largest absolute Gasteiger partial charge is 0.464 e. The van der Waals surface area contributed by atoms with E-state index in [0.717, 1.165) is 17.4 Å². The molecule has 0 aliphatic rings. The summed E-state index contributed by atoms with van der Waals surface area (Å²) in [5.41, 5.74) is 1.63. The second-order valence-corrected chi connectivity index (χ2v) is 6.39. The molecule has 0 saturated heterocycles. The molecule has 1 rings (SSSR count). The van der Waals surface area contributed by atoms with E-state index in [2.05, 4.69) is 0 Å². The van der Waals surface area contributed by atoms with Crippen LogP contribution >= 0.6 is 0 Å². The van der Waals surface area contributed by atoms with Gasteiger partial charge in [0.2, 0.25) is 0 Å². The molecule has 1 aromatic rings. The zero-order valence-electron chi connectivity index (χ0n) is 11.4. The van der Waals surface area contributed by atoms with E-state index in [1.165, 1.54) is 12.1 Å². The Morgan fingerprint density at radius 3 is 2.32 bits per heavy atom. The topological polar surface area (TPSA) is 80.7 Å². The first-order valence-corrected chi connectivity index (χ1v) is 7.73. The van der Waals surface area contributed by atoms with Gasteiger partial charge in [0.05, 0.1) is 11.5 Å². The summed E-state index contributed by atoms with van der Waals surface area (Å²) in [4.78, 5) is 11.5. The summed E-state index contributed by atoms with van der Waals surface area (Å²) < 4.78 is 28.2. The number of aliphatic hydroxyl groups is 1. The Balaban J connectivity index is 3.41. The van der Waals surface area contributed by atoms with E-state index in [1.54, 1.807) is 20.8 Å². The van der Waals surface area contributed by atoms with Crippen molar-refractivity contribution in [3.8, 4) is 0 Å². The first-order valence-electron chi connectivity index (χ1n) is 5.84. The van der Waals surface area contributed by atoms with Gasteiger partial charge in [0.15, 0.2) is 15.9 Å². The van der Waals surface area contributed by atoms with E-state index in [0.29, 0.717) is 0 Å². The normalized spacial score (nSPS) is 13.1. The smallest absolute Gasteiger partial charge is 0.339 e. The van der Waals surface area contributed by atoms with Gasteiger partial charge in [-0.15, -0.1) is 0 Å². The van der Waals surface area contributed by atoms with Gasteiger partial charge in [0.1, 0.15) is 0 Å². The van der Waals surface area contributed by atoms with Crippen LogP contribution in [0, 0.1) is 13.8 Å². The molecule has 0 amide bonds. The molecule has 0 saturated carbocycles. The number of hydrogen-bond acceptors (Lipinski definition) is 5. The Bertz CT molecular complexity index is 589. The number of benzene rings is 1. The minimum atomic E-state index is -3.53. The summed E-state index contributed by atoms with van der Waals surface area (Å²) in [6.07, 6.45) is -0.553. The molecule has 0 heterocycles. The van der Waals surface area contributed by atoms with Gasteiger partial charge in [-0.2, -0.15) is 0 Å². The number of rotatable bonds is 4. The van der Waals surface area contributed by atoms with Gasteiger partial charge < -0.3 is 9.84 Å². The number of aliphatic hydroxyl groups excluding tert-OH is 1. The van der Waals surface area contributed by atoms with Gasteiger partial charge >= 0.3 is 5.97 Å². The maximum Gasteiger partial charge on any atom is 0.339 e. The van der Waals surface area contributed by atoms with E-state index in [-0.39, 0.29) is 17.1 Å². The lowest BCUT2D eigenvalue weighted by Crippen LogP contribution is -2.18. The van der Waals surface area contributed by atoms with Crippen LogP contribution in [0.4, 0.5) is 0 Å². The van der Waals surface area contributed by atoms with Crippen LogP contribution in [-0.2, 0) is 19.4 Å². The Morgan fingerprint density at radius 2 is 1.84 bits per heavy atom. The fraction of sp³-hybridized carbons (Fsp3) is 0.462. The Kier molecular flexibility index (Phi) is 4.70. The van der Waals surface area contributed by atoms with Crippen LogP contribution in [0.5, 0.6) is 0 Å². The third kappa shape index (κ3) is 3.54. The van der Waals surface area contributed by atoms with Crippen molar-refractivity contribution in [1.29, 1.82) is 0 Å². The van der Waals surface area contributed by atoms with Gasteiger partial charge in [0, 0.05) is 11.8 Å². The highest BCUT2D eigenvalue weighted by Gasteiger charge is 2.26. The second kappa shape index (κ2) is 5.71. The van der Waals surface area contributed by atoms with Crippen LogP contribution in [0.15, 0.2) is 17.0 Å². The molecule has 106 valence electrons. The Labute approximate surface area is 113 Å². The third-order valence-corrected chi connectivity index (χ3v) is 3.98. The molecule has 0 aliphatic heterocycles. The summed E-state index contributed by atoms with van der Waals surface area (Å²) in [5, 5.41) is 9.94. The van der Waals surface area contributed by atoms with Crippen molar-refractivity contribution in [2.45, 2.75) is 31.8 Å². The van der Waals surface area contributed by atoms with Crippen LogP contribution < -0.4 is 0 Å². The predicted octanol–water partition coefficient (Wildman–Crippen LogP) is 1.30. The van der Waals surface area contributed by atoms with Crippen LogP contribution in [0.1, 0.15) is 29.7 Å². The molecule has 1 unspecified atom stereocenters. The number of carbonyl (C=O) groups is 1. The lowest BCUT2D eigenvalue weighted by atomic mass is 10.0.